The van der Waals surface area contributed by atoms with Crippen molar-refractivity contribution >= 4 is 16.9 Å². The van der Waals surface area contributed by atoms with Crippen LogP contribution in [0.1, 0.15) is 19.3 Å². The zero-order valence-corrected chi connectivity index (χ0v) is 13.0. The van der Waals surface area contributed by atoms with Crippen molar-refractivity contribution in [1.29, 1.82) is 0 Å². The van der Waals surface area contributed by atoms with Gasteiger partial charge in [0.05, 0.1) is 16.9 Å². The molecule has 0 saturated heterocycles. The van der Waals surface area contributed by atoms with Crippen LogP contribution in [-0.2, 0) is 4.79 Å². The highest BCUT2D eigenvalue weighted by molar-refractivity contribution is 5.84. The van der Waals surface area contributed by atoms with Gasteiger partial charge in [-0.25, -0.2) is 0 Å². The lowest BCUT2D eigenvalue weighted by Gasteiger charge is -2.22. The maximum atomic E-state index is 12.7. The molecular formula is C20H16O4. The lowest BCUT2D eigenvalue weighted by atomic mass is 9.86. The van der Waals surface area contributed by atoms with E-state index in [-0.39, 0.29) is 17.3 Å². The van der Waals surface area contributed by atoms with E-state index in [1.54, 1.807) is 18.2 Å². The zero-order chi connectivity index (χ0) is 16.5. The minimum Gasteiger partial charge on any atom is -0.463 e. The molecule has 2 aromatic carbocycles. The Morgan fingerprint density at radius 3 is 2.58 bits per heavy atom. The minimum atomic E-state index is -0.205. The molecule has 24 heavy (non-hydrogen) atoms. The van der Waals surface area contributed by atoms with Crippen LogP contribution in [0, 0.1) is 5.92 Å². The first-order valence-corrected chi connectivity index (χ1v) is 8.05. The fourth-order valence-corrected chi connectivity index (χ4v) is 2.83. The van der Waals surface area contributed by atoms with E-state index >= 15 is 0 Å². The number of carbonyl (C=O) groups excluding carboxylic acids is 1. The summed E-state index contributed by atoms with van der Waals surface area (Å²) in [5, 5.41) is 0.472. The molecular weight excluding hydrogens is 304 g/mol. The SMILES string of the molecule is O=C(Oc1ccc2c(=O)c(-c3ccccc3)coc2c1)C1CCC1. The Bertz CT molecular complexity index is 952. The Labute approximate surface area is 138 Å². The van der Waals surface area contributed by atoms with Gasteiger partial charge in [-0.05, 0) is 30.5 Å². The van der Waals surface area contributed by atoms with Crippen molar-refractivity contribution in [2.24, 2.45) is 5.92 Å². The second-order valence-corrected chi connectivity index (χ2v) is 6.05. The molecule has 4 heteroatoms. The van der Waals surface area contributed by atoms with Crippen LogP contribution in [0.3, 0.4) is 0 Å². The molecule has 120 valence electrons. The van der Waals surface area contributed by atoms with Crippen LogP contribution in [0.15, 0.2) is 64.0 Å². The summed E-state index contributed by atoms with van der Waals surface area (Å²) >= 11 is 0. The van der Waals surface area contributed by atoms with E-state index < -0.39 is 0 Å². The Hall–Kier alpha value is -2.88. The highest BCUT2D eigenvalue weighted by Crippen LogP contribution is 2.29. The Kier molecular flexibility index (Phi) is 3.65. The summed E-state index contributed by atoms with van der Waals surface area (Å²) in [6.45, 7) is 0. The van der Waals surface area contributed by atoms with Crippen molar-refractivity contribution in [3.05, 3.63) is 65.0 Å². The Morgan fingerprint density at radius 2 is 1.88 bits per heavy atom. The summed E-state index contributed by atoms with van der Waals surface area (Å²) < 4.78 is 11.0. The fourth-order valence-electron chi connectivity index (χ4n) is 2.83. The third-order valence-electron chi connectivity index (χ3n) is 4.49. The molecule has 1 aromatic heterocycles. The molecule has 0 radical (unpaired) electrons. The molecule has 0 atom stereocenters. The molecule has 0 unspecified atom stereocenters. The van der Waals surface area contributed by atoms with Gasteiger partial charge in [-0.1, -0.05) is 36.8 Å². The van der Waals surface area contributed by atoms with E-state index in [0.717, 1.165) is 24.8 Å². The number of hydrogen-bond donors (Lipinski definition) is 0. The van der Waals surface area contributed by atoms with Crippen LogP contribution in [0.5, 0.6) is 5.75 Å². The monoisotopic (exact) mass is 320 g/mol. The highest BCUT2D eigenvalue weighted by atomic mass is 16.5. The number of ether oxygens (including phenoxy) is 1. The smallest absolute Gasteiger partial charge is 0.314 e. The highest BCUT2D eigenvalue weighted by Gasteiger charge is 2.27. The standard InChI is InChI=1S/C20H16O4/c21-19-16-10-9-15(24-20(22)14-7-4-8-14)11-18(16)23-12-17(19)13-5-2-1-3-6-13/h1-3,5-6,9-12,14H,4,7-8H2. The molecule has 0 aliphatic heterocycles. The zero-order valence-electron chi connectivity index (χ0n) is 13.0. The predicted molar refractivity (Wildman–Crippen MR) is 90.9 cm³/mol. The number of carbonyl (C=O) groups is 1. The third kappa shape index (κ3) is 2.60. The summed E-state index contributed by atoms with van der Waals surface area (Å²) in [6, 6.07) is 14.3. The first kappa shape index (κ1) is 14.7. The maximum Gasteiger partial charge on any atom is 0.314 e. The first-order valence-electron chi connectivity index (χ1n) is 8.05. The van der Waals surface area contributed by atoms with E-state index in [1.165, 1.54) is 6.26 Å². The second-order valence-electron chi connectivity index (χ2n) is 6.05. The Balaban J connectivity index is 1.69. The van der Waals surface area contributed by atoms with Crippen LogP contribution in [0.2, 0.25) is 0 Å². The molecule has 1 saturated carbocycles. The summed E-state index contributed by atoms with van der Waals surface area (Å²) in [5.41, 5.74) is 1.65. The molecule has 0 bridgehead atoms. The number of fused-ring (bicyclic) bond motifs is 1. The van der Waals surface area contributed by atoms with Crippen LogP contribution >= 0.6 is 0 Å². The first-order chi connectivity index (χ1) is 11.7. The van der Waals surface area contributed by atoms with Crippen LogP contribution in [0.25, 0.3) is 22.1 Å². The number of esters is 1. The molecule has 1 aliphatic carbocycles. The summed E-state index contributed by atoms with van der Waals surface area (Å²) in [6.07, 6.45) is 4.32. The average Bonchev–Trinajstić information content (AvgIpc) is 2.54. The van der Waals surface area contributed by atoms with Crippen molar-refractivity contribution in [2.45, 2.75) is 19.3 Å². The van der Waals surface area contributed by atoms with Crippen molar-refractivity contribution in [2.75, 3.05) is 0 Å². The van der Waals surface area contributed by atoms with Crippen molar-refractivity contribution in [3.8, 4) is 16.9 Å². The van der Waals surface area contributed by atoms with Gasteiger partial charge in [0.25, 0.3) is 0 Å². The normalized spacial score (nSPS) is 14.3. The van der Waals surface area contributed by atoms with Gasteiger partial charge < -0.3 is 9.15 Å². The minimum absolute atomic E-state index is 0.00756. The molecule has 4 nitrogen and oxygen atoms in total. The van der Waals surface area contributed by atoms with Crippen LogP contribution in [0.4, 0.5) is 0 Å². The molecule has 0 amide bonds. The van der Waals surface area contributed by atoms with E-state index in [9.17, 15) is 9.59 Å². The van der Waals surface area contributed by atoms with Gasteiger partial charge in [-0.3, -0.25) is 9.59 Å². The number of hydrogen-bond acceptors (Lipinski definition) is 4. The van der Waals surface area contributed by atoms with E-state index in [0.29, 0.717) is 22.3 Å². The molecule has 3 aromatic rings. The third-order valence-corrected chi connectivity index (χ3v) is 4.49. The van der Waals surface area contributed by atoms with E-state index in [4.69, 9.17) is 9.15 Å². The largest absolute Gasteiger partial charge is 0.463 e. The summed E-state index contributed by atoms with van der Waals surface area (Å²) in [5.74, 6) is 0.215. The second kappa shape index (κ2) is 5.96. The van der Waals surface area contributed by atoms with Crippen molar-refractivity contribution in [3.63, 3.8) is 0 Å². The molecule has 4 rings (SSSR count). The summed E-state index contributed by atoms with van der Waals surface area (Å²) in [4.78, 5) is 24.6. The lowest BCUT2D eigenvalue weighted by Crippen LogP contribution is -2.26. The van der Waals surface area contributed by atoms with Crippen LogP contribution < -0.4 is 10.2 Å². The van der Waals surface area contributed by atoms with Gasteiger partial charge in [0, 0.05) is 6.07 Å². The molecule has 0 spiro atoms. The predicted octanol–water partition coefficient (Wildman–Crippen LogP) is 4.17. The van der Waals surface area contributed by atoms with Gasteiger partial charge in [0.2, 0.25) is 0 Å². The van der Waals surface area contributed by atoms with Crippen LogP contribution in [-0.4, -0.2) is 5.97 Å². The van der Waals surface area contributed by atoms with E-state index in [2.05, 4.69) is 0 Å². The van der Waals surface area contributed by atoms with Crippen molar-refractivity contribution < 1.29 is 13.9 Å². The Morgan fingerprint density at radius 1 is 1.08 bits per heavy atom. The molecule has 1 heterocycles. The topological polar surface area (TPSA) is 56.5 Å². The molecule has 1 fully saturated rings. The molecule has 0 N–H and O–H groups in total. The maximum absolute atomic E-state index is 12.7. The van der Waals surface area contributed by atoms with Gasteiger partial charge >= 0.3 is 5.97 Å². The quantitative estimate of drug-likeness (QED) is 0.537. The average molecular weight is 320 g/mol. The number of benzene rings is 2. The van der Waals surface area contributed by atoms with Gasteiger partial charge in [0.1, 0.15) is 17.6 Å². The van der Waals surface area contributed by atoms with Gasteiger partial charge in [0.15, 0.2) is 5.43 Å². The van der Waals surface area contributed by atoms with E-state index in [1.807, 2.05) is 30.3 Å². The lowest BCUT2D eigenvalue weighted by molar-refractivity contribution is -0.141. The van der Waals surface area contributed by atoms with Gasteiger partial charge in [-0.2, -0.15) is 0 Å². The van der Waals surface area contributed by atoms with Gasteiger partial charge in [-0.15, -0.1) is 0 Å². The number of rotatable bonds is 3. The van der Waals surface area contributed by atoms with Crippen molar-refractivity contribution in [1.82, 2.24) is 0 Å². The fraction of sp³-hybridized carbons (Fsp3) is 0.200. The molecule has 1 aliphatic rings. The summed E-state index contributed by atoms with van der Waals surface area (Å²) in [7, 11) is 0.